The molecule has 0 radical (unpaired) electrons. The number of fused-ring (bicyclic) bond motifs is 1. The quantitative estimate of drug-likeness (QED) is 0.713. The van der Waals surface area contributed by atoms with E-state index in [0.717, 1.165) is 46.9 Å². The Morgan fingerprint density at radius 3 is 3.04 bits per heavy atom. The van der Waals surface area contributed by atoms with Gasteiger partial charge < -0.3 is 0 Å². The van der Waals surface area contributed by atoms with Crippen LogP contribution in [-0.4, -0.2) is 20.8 Å². The Bertz CT molecular complexity index is 965. The molecule has 0 saturated carbocycles. The fourth-order valence-corrected chi connectivity index (χ4v) is 4.47. The van der Waals surface area contributed by atoms with Crippen molar-refractivity contribution in [3.8, 4) is 0 Å². The van der Waals surface area contributed by atoms with Gasteiger partial charge in [-0.3, -0.25) is 14.1 Å². The minimum absolute atomic E-state index is 0.0383. The van der Waals surface area contributed by atoms with E-state index >= 15 is 0 Å². The van der Waals surface area contributed by atoms with E-state index in [0.29, 0.717) is 6.54 Å². The molecule has 3 heterocycles. The SMILES string of the molecule is Cc1cn2c(=O)cc(CN3CCCC[C@H]3c3cccc(F)c3)nc2s1. The van der Waals surface area contributed by atoms with Gasteiger partial charge in [0.05, 0.1) is 5.69 Å². The molecule has 0 spiro atoms. The molecule has 0 aliphatic carbocycles. The second-order valence-electron chi connectivity index (χ2n) is 6.62. The first-order valence-electron chi connectivity index (χ1n) is 8.58. The molecule has 0 amide bonds. The Hall–Kier alpha value is -2.05. The number of thiazole rings is 1. The molecule has 1 aliphatic rings. The Kier molecular flexibility index (Phi) is 4.39. The Balaban J connectivity index is 1.64. The van der Waals surface area contributed by atoms with Crippen LogP contribution in [0.5, 0.6) is 0 Å². The maximum atomic E-state index is 13.6. The fraction of sp³-hybridized carbons (Fsp3) is 0.368. The fourth-order valence-electron chi connectivity index (χ4n) is 3.62. The van der Waals surface area contributed by atoms with Crippen molar-refractivity contribution in [1.82, 2.24) is 14.3 Å². The maximum Gasteiger partial charge on any atom is 0.258 e. The summed E-state index contributed by atoms with van der Waals surface area (Å²) in [7, 11) is 0. The number of aryl methyl sites for hydroxylation is 1. The van der Waals surface area contributed by atoms with Crippen molar-refractivity contribution in [2.24, 2.45) is 0 Å². The van der Waals surface area contributed by atoms with Gasteiger partial charge in [0.2, 0.25) is 0 Å². The molecule has 1 fully saturated rings. The largest absolute Gasteiger partial charge is 0.291 e. The van der Waals surface area contributed by atoms with E-state index in [2.05, 4.69) is 9.88 Å². The van der Waals surface area contributed by atoms with Gasteiger partial charge >= 0.3 is 0 Å². The summed E-state index contributed by atoms with van der Waals surface area (Å²) in [4.78, 5) is 21.1. The zero-order valence-corrected chi connectivity index (χ0v) is 14.9. The predicted molar refractivity (Wildman–Crippen MR) is 97.5 cm³/mol. The van der Waals surface area contributed by atoms with Crippen molar-refractivity contribution in [2.75, 3.05) is 6.54 Å². The van der Waals surface area contributed by atoms with Crippen LogP contribution in [0.1, 0.15) is 41.4 Å². The maximum absolute atomic E-state index is 13.6. The van der Waals surface area contributed by atoms with E-state index in [1.54, 1.807) is 22.6 Å². The van der Waals surface area contributed by atoms with E-state index < -0.39 is 0 Å². The predicted octanol–water partition coefficient (Wildman–Crippen LogP) is 3.93. The molecule has 4 nitrogen and oxygen atoms in total. The molecule has 25 heavy (non-hydrogen) atoms. The van der Waals surface area contributed by atoms with Gasteiger partial charge in [-0.15, -0.1) is 11.3 Å². The van der Waals surface area contributed by atoms with Gasteiger partial charge in [0, 0.05) is 29.7 Å². The third-order valence-corrected chi connectivity index (χ3v) is 5.65. The molecule has 0 bridgehead atoms. The Labute approximate surface area is 149 Å². The number of likely N-dealkylation sites (tertiary alicyclic amines) is 1. The number of hydrogen-bond acceptors (Lipinski definition) is 4. The number of hydrogen-bond donors (Lipinski definition) is 0. The number of aromatic nitrogens is 2. The smallest absolute Gasteiger partial charge is 0.258 e. The number of piperidine rings is 1. The molecular formula is C19H20FN3OS. The van der Waals surface area contributed by atoms with Gasteiger partial charge in [-0.05, 0) is 44.0 Å². The highest BCUT2D eigenvalue weighted by Gasteiger charge is 2.25. The van der Waals surface area contributed by atoms with Gasteiger partial charge in [0.15, 0.2) is 4.96 Å². The molecule has 4 rings (SSSR count). The summed E-state index contributed by atoms with van der Waals surface area (Å²) in [5.74, 6) is -0.199. The average Bonchev–Trinajstić information content (AvgIpc) is 2.96. The van der Waals surface area contributed by atoms with E-state index in [1.807, 2.05) is 19.2 Å². The highest BCUT2D eigenvalue weighted by atomic mass is 32.1. The Morgan fingerprint density at radius 2 is 2.20 bits per heavy atom. The van der Waals surface area contributed by atoms with Crippen molar-refractivity contribution < 1.29 is 4.39 Å². The summed E-state index contributed by atoms with van der Waals surface area (Å²) < 4.78 is 15.2. The van der Waals surface area contributed by atoms with E-state index in [-0.39, 0.29) is 17.4 Å². The summed E-state index contributed by atoms with van der Waals surface area (Å²) in [6, 6.07) is 8.65. The molecule has 0 unspecified atom stereocenters. The van der Waals surface area contributed by atoms with Crippen molar-refractivity contribution in [1.29, 1.82) is 0 Å². The molecule has 130 valence electrons. The third kappa shape index (κ3) is 3.37. The first-order chi connectivity index (χ1) is 12.1. The molecule has 1 aliphatic heterocycles. The van der Waals surface area contributed by atoms with Crippen LogP contribution < -0.4 is 5.56 Å². The van der Waals surface area contributed by atoms with Crippen LogP contribution in [0.4, 0.5) is 4.39 Å². The van der Waals surface area contributed by atoms with Gasteiger partial charge in [-0.2, -0.15) is 0 Å². The van der Waals surface area contributed by atoms with Crippen LogP contribution in [0.2, 0.25) is 0 Å². The lowest BCUT2D eigenvalue weighted by Gasteiger charge is -2.35. The van der Waals surface area contributed by atoms with E-state index in [1.165, 1.54) is 17.4 Å². The zero-order chi connectivity index (χ0) is 17.4. The van der Waals surface area contributed by atoms with Gasteiger partial charge in [-0.25, -0.2) is 9.37 Å². The summed E-state index contributed by atoms with van der Waals surface area (Å²) in [6.07, 6.45) is 5.08. The van der Waals surface area contributed by atoms with Crippen LogP contribution in [0.3, 0.4) is 0 Å². The highest BCUT2D eigenvalue weighted by Crippen LogP contribution is 2.32. The second kappa shape index (κ2) is 6.69. The highest BCUT2D eigenvalue weighted by molar-refractivity contribution is 7.16. The van der Waals surface area contributed by atoms with Crippen LogP contribution in [0.25, 0.3) is 4.96 Å². The lowest BCUT2D eigenvalue weighted by atomic mass is 9.95. The molecule has 1 aromatic carbocycles. The van der Waals surface area contributed by atoms with E-state index in [9.17, 15) is 9.18 Å². The molecule has 1 atom stereocenters. The van der Waals surface area contributed by atoms with E-state index in [4.69, 9.17) is 0 Å². The number of rotatable bonds is 3. The second-order valence-corrected chi connectivity index (χ2v) is 7.83. The molecule has 6 heteroatoms. The molecule has 1 saturated heterocycles. The van der Waals surface area contributed by atoms with Crippen molar-refractivity contribution >= 4 is 16.3 Å². The van der Waals surface area contributed by atoms with Crippen LogP contribution in [0.15, 0.2) is 41.3 Å². The normalized spacial score (nSPS) is 18.7. The zero-order valence-electron chi connectivity index (χ0n) is 14.1. The summed E-state index contributed by atoms with van der Waals surface area (Å²) in [6.45, 7) is 3.53. The van der Waals surface area contributed by atoms with Crippen LogP contribution in [0, 0.1) is 12.7 Å². The lowest BCUT2D eigenvalue weighted by molar-refractivity contribution is 0.138. The van der Waals surface area contributed by atoms with Gasteiger partial charge in [0.25, 0.3) is 5.56 Å². The average molecular weight is 357 g/mol. The molecule has 2 aromatic heterocycles. The lowest BCUT2D eigenvalue weighted by Crippen LogP contribution is -2.33. The Morgan fingerprint density at radius 1 is 1.32 bits per heavy atom. The number of benzene rings is 1. The minimum Gasteiger partial charge on any atom is -0.291 e. The standard InChI is InChI=1S/C19H20FN3OS/c1-13-11-23-18(24)10-16(21-19(23)25-13)12-22-8-3-2-7-17(22)14-5-4-6-15(20)9-14/h4-6,9-11,17H,2-3,7-8,12H2,1H3/t17-/m0/s1. The number of halogens is 1. The minimum atomic E-state index is -0.199. The van der Waals surface area contributed by atoms with Gasteiger partial charge in [-0.1, -0.05) is 18.6 Å². The molecule has 3 aromatic rings. The van der Waals surface area contributed by atoms with Crippen molar-refractivity contribution in [3.05, 3.63) is 68.8 Å². The first-order valence-corrected chi connectivity index (χ1v) is 9.40. The summed E-state index contributed by atoms with van der Waals surface area (Å²) in [5, 5.41) is 0. The first kappa shape index (κ1) is 16.4. The summed E-state index contributed by atoms with van der Waals surface area (Å²) >= 11 is 1.53. The third-order valence-electron chi connectivity index (χ3n) is 4.75. The van der Waals surface area contributed by atoms with Crippen molar-refractivity contribution in [2.45, 2.75) is 38.8 Å². The molecular weight excluding hydrogens is 337 g/mol. The monoisotopic (exact) mass is 357 g/mol. The number of nitrogens with zero attached hydrogens (tertiary/aromatic N) is 3. The molecule has 0 N–H and O–H groups in total. The van der Waals surface area contributed by atoms with Crippen LogP contribution >= 0.6 is 11.3 Å². The van der Waals surface area contributed by atoms with Crippen LogP contribution in [-0.2, 0) is 6.54 Å². The summed E-state index contributed by atoms with van der Waals surface area (Å²) in [5.41, 5.74) is 1.75. The van der Waals surface area contributed by atoms with Crippen molar-refractivity contribution in [3.63, 3.8) is 0 Å². The van der Waals surface area contributed by atoms with Gasteiger partial charge in [0.1, 0.15) is 5.82 Å². The topological polar surface area (TPSA) is 37.6 Å².